The summed E-state index contributed by atoms with van der Waals surface area (Å²) in [6.07, 6.45) is 43.7. The average molecular weight is 749 g/mol. The molecule has 1 amide bonds. The van der Waals surface area contributed by atoms with Gasteiger partial charge in [-0.05, 0) is 55.3 Å². The lowest BCUT2D eigenvalue weighted by molar-refractivity contribution is 0.102. The maximum atomic E-state index is 12.8. The summed E-state index contributed by atoms with van der Waals surface area (Å²) >= 11 is 0. The molecule has 0 unspecified atom stereocenters. The smallest absolute Gasteiger partial charge is 0.255 e. The van der Waals surface area contributed by atoms with E-state index in [1.165, 1.54) is 205 Å². The molecular weight excluding hydrogens is 665 g/mol. The Morgan fingerprint density at radius 3 is 1.31 bits per heavy atom. The van der Waals surface area contributed by atoms with Crippen molar-refractivity contribution in [2.45, 2.75) is 219 Å². The molecule has 0 saturated heterocycles. The highest BCUT2D eigenvalue weighted by Crippen LogP contribution is 2.29. The minimum absolute atomic E-state index is 0.151. The second kappa shape index (κ2) is 34.8. The lowest BCUT2D eigenvalue weighted by Gasteiger charge is -2.16. The molecule has 0 aliphatic rings. The summed E-state index contributed by atoms with van der Waals surface area (Å²) in [6.45, 7) is 6.19. The summed E-state index contributed by atoms with van der Waals surface area (Å²) in [4.78, 5) is 12.8. The number of amides is 1. The Hall–Kier alpha value is -2.69. The van der Waals surface area contributed by atoms with Crippen molar-refractivity contribution in [2.24, 2.45) is 0 Å². The molecule has 54 heavy (non-hydrogen) atoms. The molecule has 0 heterocycles. The first-order chi connectivity index (χ1) is 26.6. The number of aromatic hydroxyl groups is 1. The van der Waals surface area contributed by atoms with E-state index in [1.54, 1.807) is 12.1 Å². The van der Waals surface area contributed by atoms with E-state index < -0.39 is 0 Å². The van der Waals surface area contributed by atoms with Gasteiger partial charge >= 0.3 is 0 Å². The molecule has 3 N–H and O–H groups in total. The van der Waals surface area contributed by atoms with Gasteiger partial charge in [-0.2, -0.15) is 0 Å². The SMILES string of the molecule is CCCCCCCCCCCCCCCCCCNc1cc(NC(=O)c2ccc(O)cc2)ccc1OCCCCCCCCCCCCCCCCCC. The molecule has 0 aromatic heterocycles. The topological polar surface area (TPSA) is 70.6 Å². The number of ether oxygens (including phenoxy) is 1. The highest BCUT2D eigenvalue weighted by Gasteiger charge is 2.10. The molecule has 308 valence electrons. The van der Waals surface area contributed by atoms with Crippen molar-refractivity contribution in [3.05, 3.63) is 48.0 Å². The highest BCUT2D eigenvalue weighted by molar-refractivity contribution is 6.04. The first-order valence-corrected chi connectivity index (χ1v) is 23.2. The van der Waals surface area contributed by atoms with Crippen LogP contribution in [0.15, 0.2) is 42.5 Å². The number of phenols is 1. The van der Waals surface area contributed by atoms with Gasteiger partial charge in [-0.1, -0.05) is 206 Å². The van der Waals surface area contributed by atoms with E-state index in [2.05, 4.69) is 24.5 Å². The van der Waals surface area contributed by atoms with Crippen LogP contribution < -0.4 is 15.4 Å². The predicted octanol–water partition coefficient (Wildman–Crippen LogP) is 16.0. The number of hydrogen-bond acceptors (Lipinski definition) is 4. The standard InChI is InChI=1S/C49H84N2O3/c1-3-5-7-9-11-13-15-17-19-21-23-25-27-29-31-33-41-50-47-43-45(51-49(53)44-35-38-46(52)39-36-44)37-40-48(47)54-42-34-32-30-28-26-24-22-20-18-16-14-12-10-8-6-4-2/h35-40,43,50,52H,3-34,41-42H2,1-2H3,(H,51,53). The maximum Gasteiger partial charge on any atom is 0.255 e. The second-order valence-electron chi connectivity index (χ2n) is 16.1. The minimum atomic E-state index is -0.194. The molecule has 2 aromatic carbocycles. The number of carbonyl (C=O) groups is 1. The highest BCUT2D eigenvalue weighted by atomic mass is 16.5. The van der Waals surface area contributed by atoms with Crippen LogP contribution in [-0.2, 0) is 0 Å². The summed E-state index contributed by atoms with van der Waals surface area (Å²) in [5.41, 5.74) is 2.19. The molecule has 5 nitrogen and oxygen atoms in total. The summed E-state index contributed by atoms with van der Waals surface area (Å²) < 4.78 is 6.29. The predicted molar refractivity (Wildman–Crippen MR) is 236 cm³/mol. The van der Waals surface area contributed by atoms with Gasteiger partial charge in [0.2, 0.25) is 0 Å². The van der Waals surface area contributed by atoms with Gasteiger partial charge in [0, 0.05) is 17.8 Å². The largest absolute Gasteiger partial charge is 0.508 e. The van der Waals surface area contributed by atoms with Crippen LogP contribution in [0.2, 0.25) is 0 Å². The first kappa shape index (κ1) is 47.5. The van der Waals surface area contributed by atoms with Crippen LogP contribution in [0.3, 0.4) is 0 Å². The third-order valence-electron chi connectivity index (χ3n) is 11.0. The van der Waals surface area contributed by atoms with Crippen molar-refractivity contribution < 1.29 is 14.6 Å². The molecular formula is C49H84N2O3. The van der Waals surface area contributed by atoms with Crippen LogP contribution in [0, 0.1) is 0 Å². The van der Waals surface area contributed by atoms with Crippen molar-refractivity contribution in [3.8, 4) is 11.5 Å². The molecule has 0 atom stereocenters. The molecule has 0 aliphatic heterocycles. The molecule has 0 fully saturated rings. The summed E-state index contributed by atoms with van der Waals surface area (Å²) in [5.74, 6) is 0.814. The van der Waals surface area contributed by atoms with Crippen LogP contribution >= 0.6 is 0 Å². The van der Waals surface area contributed by atoms with E-state index in [0.29, 0.717) is 12.2 Å². The van der Waals surface area contributed by atoms with E-state index in [-0.39, 0.29) is 11.7 Å². The zero-order chi connectivity index (χ0) is 38.6. The fourth-order valence-corrected chi connectivity index (χ4v) is 7.42. The van der Waals surface area contributed by atoms with Crippen molar-refractivity contribution in [2.75, 3.05) is 23.8 Å². The lowest BCUT2D eigenvalue weighted by atomic mass is 10.0. The monoisotopic (exact) mass is 749 g/mol. The Morgan fingerprint density at radius 2 is 0.889 bits per heavy atom. The van der Waals surface area contributed by atoms with Crippen LogP contribution in [0.25, 0.3) is 0 Å². The Balaban J connectivity index is 1.61. The van der Waals surface area contributed by atoms with Gasteiger partial charge < -0.3 is 20.5 Å². The van der Waals surface area contributed by atoms with E-state index in [9.17, 15) is 9.90 Å². The van der Waals surface area contributed by atoms with Gasteiger partial charge in [-0.25, -0.2) is 0 Å². The van der Waals surface area contributed by atoms with Gasteiger partial charge in [-0.15, -0.1) is 0 Å². The number of benzene rings is 2. The van der Waals surface area contributed by atoms with Gasteiger partial charge in [0.25, 0.3) is 5.91 Å². The number of anilines is 2. The van der Waals surface area contributed by atoms with E-state index in [0.717, 1.165) is 36.5 Å². The van der Waals surface area contributed by atoms with Crippen LogP contribution in [0.5, 0.6) is 11.5 Å². The quantitative estimate of drug-likeness (QED) is 0.0598. The third kappa shape index (κ3) is 26.2. The summed E-state index contributed by atoms with van der Waals surface area (Å²) in [7, 11) is 0. The van der Waals surface area contributed by atoms with Crippen LogP contribution in [0.1, 0.15) is 230 Å². The fourth-order valence-electron chi connectivity index (χ4n) is 7.42. The van der Waals surface area contributed by atoms with E-state index >= 15 is 0 Å². The van der Waals surface area contributed by atoms with Crippen LogP contribution in [-0.4, -0.2) is 24.2 Å². The van der Waals surface area contributed by atoms with Crippen LogP contribution in [0.4, 0.5) is 11.4 Å². The van der Waals surface area contributed by atoms with Gasteiger partial charge in [0.1, 0.15) is 11.5 Å². The van der Waals surface area contributed by atoms with Crippen molar-refractivity contribution in [3.63, 3.8) is 0 Å². The Bertz CT molecular complexity index is 1130. The zero-order valence-electron chi connectivity index (χ0n) is 35.3. The van der Waals surface area contributed by atoms with Crippen molar-refractivity contribution in [1.82, 2.24) is 0 Å². The Labute approximate surface area is 333 Å². The molecule has 0 aliphatic carbocycles. The van der Waals surface area contributed by atoms with Crippen molar-refractivity contribution >= 4 is 17.3 Å². The van der Waals surface area contributed by atoms with E-state index in [4.69, 9.17) is 4.74 Å². The second-order valence-corrected chi connectivity index (χ2v) is 16.1. The normalized spacial score (nSPS) is 11.2. The van der Waals surface area contributed by atoms with Crippen molar-refractivity contribution in [1.29, 1.82) is 0 Å². The molecule has 2 rings (SSSR count). The average Bonchev–Trinajstić information content (AvgIpc) is 3.18. The summed E-state index contributed by atoms with van der Waals surface area (Å²) in [6, 6.07) is 12.2. The van der Waals surface area contributed by atoms with Gasteiger partial charge in [-0.3, -0.25) is 4.79 Å². The first-order valence-electron chi connectivity index (χ1n) is 23.2. The maximum absolute atomic E-state index is 12.8. The Kier molecular flexibility index (Phi) is 30.6. The lowest BCUT2D eigenvalue weighted by Crippen LogP contribution is -2.12. The minimum Gasteiger partial charge on any atom is -0.508 e. The molecule has 0 spiro atoms. The number of rotatable bonds is 38. The number of hydrogen-bond donors (Lipinski definition) is 3. The molecule has 2 aromatic rings. The fraction of sp³-hybridized carbons (Fsp3) is 0.735. The number of nitrogens with one attached hydrogen (secondary N) is 2. The van der Waals surface area contributed by atoms with E-state index in [1.807, 2.05) is 18.2 Å². The molecule has 0 radical (unpaired) electrons. The van der Waals surface area contributed by atoms with Gasteiger partial charge in [0.05, 0.1) is 12.3 Å². The van der Waals surface area contributed by atoms with Gasteiger partial charge in [0.15, 0.2) is 0 Å². The molecule has 5 heteroatoms. The molecule has 0 saturated carbocycles. The summed E-state index contributed by atoms with van der Waals surface area (Å²) in [5, 5.41) is 16.2. The zero-order valence-corrected chi connectivity index (χ0v) is 35.3. The third-order valence-corrected chi connectivity index (χ3v) is 11.0. The molecule has 0 bridgehead atoms. The number of unbranched alkanes of at least 4 members (excludes halogenated alkanes) is 30. The number of phenolic OH excluding ortho intramolecular Hbond substituents is 1. The number of carbonyl (C=O) groups excluding carboxylic acids is 1. The Morgan fingerprint density at radius 1 is 0.500 bits per heavy atom.